The van der Waals surface area contributed by atoms with Crippen LogP contribution in [0.15, 0.2) is 72.8 Å². The van der Waals surface area contributed by atoms with Crippen LogP contribution >= 0.6 is 0 Å². The van der Waals surface area contributed by atoms with Crippen molar-refractivity contribution in [2.45, 2.75) is 44.9 Å². The van der Waals surface area contributed by atoms with Crippen molar-refractivity contribution in [3.8, 4) is 0 Å². The molecule has 0 saturated heterocycles. The first-order valence-corrected chi connectivity index (χ1v) is 10.2. The number of benzene rings is 3. The lowest BCUT2D eigenvalue weighted by Gasteiger charge is -2.26. The van der Waals surface area contributed by atoms with Crippen LogP contribution in [0.4, 0.5) is 10.5 Å². The van der Waals surface area contributed by atoms with Gasteiger partial charge in [-0.25, -0.2) is 4.79 Å². The summed E-state index contributed by atoms with van der Waals surface area (Å²) in [7, 11) is 0. The number of carbonyl (C=O) groups is 2. The van der Waals surface area contributed by atoms with Gasteiger partial charge in [-0.3, -0.25) is 4.79 Å². The predicted molar refractivity (Wildman–Crippen MR) is 122 cm³/mol. The van der Waals surface area contributed by atoms with Gasteiger partial charge in [0.2, 0.25) is 0 Å². The summed E-state index contributed by atoms with van der Waals surface area (Å²) in [6, 6.07) is 21.7. The third-order valence-electron chi connectivity index (χ3n) is 4.70. The van der Waals surface area contributed by atoms with E-state index in [0.29, 0.717) is 5.69 Å². The number of aliphatic hydroxyl groups is 1. The Labute approximate surface area is 182 Å². The fourth-order valence-electron chi connectivity index (χ4n) is 3.29. The Morgan fingerprint density at radius 3 is 2.29 bits per heavy atom. The molecule has 0 heterocycles. The number of carbonyl (C=O) groups excluding carboxylic acids is 2. The molecule has 0 spiro atoms. The molecule has 0 saturated carbocycles. The normalized spacial score (nSPS) is 13.3. The molecular formula is C25H28N2O4. The van der Waals surface area contributed by atoms with Crippen molar-refractivity contribution in [1.29, 1.82) is 0 Å². The fourth-order valence-corrected chi connectivity index (χ4v) is 3.29. The zero-order valence-corrected chi connectivity index (χ0v) is 18.0. The SMILES string of the molecule is CC(C)(C)OC(=O)NC(Cc1ccccc1)[C@H](O)C(=O)Nc1cccc2ccccc12. The van der Waals surface area contributed by atoms with Crippen LogP contribution in [0, 0.1) is 0 Å². The quantitative estimate of drug-likeness (QED) is 0.556. The summed E-state index contributed by atoms with van der Waals surface area (Å²) in [5.74, 6) is -0.603. The van der Waals surface area contributed by atoms with Gasteiger partial charge in [-0.2, -0.15) is 0 Å². The van der Waals surface area contributed by atoms with Crippen LogP contribution in [0.5, 0.6) is 0 Å². The maximum Gasteiger partial charge on any atom is 0.407 e. The van der Waals surface area contributed by atoms with E-state index in [1.807, 2.05) is 66.7 Å². The van der Waals surface area contributed by atoms with E-state index in [-0.39, 0.29) is 6.42 Å². The molecule has 162 valence electrons. The number of nitrogens with one attached hydrogen (secondary N) is 2. The number of alkyl carbamates (subject to hydrolysis) is 1. The molecule has 2 atom stereocenters. The fraction of sp³-hybridized carbons (Fsp3) is 0.280. The van der Waals surface area contributed by atoms with E-state index in [0.717, 1.165) is 16.3 Å². The smallest absolute Gasteiger partial charge is 0.407 e. The second-order valence-corrected chi connectivity index (χ2v) is 8.40. The molecule has 3 aromatic carbocycles. The molecule has 3 aromatic rings. The number of aliphatic hydroxyl groups excluding tert-OH is 1. The van der Waals surface area contributed by atoms with E-state index in [1.54, 1.807) is 26.8 Å². The van der Waals surface area contributed by atoms with Crippen LogP contribution in [0.25, 0.3) is 10.8 Å². The number of hydrogen-bond donors (Lipinski definition) is 3. The highest BCUT2D eigenvalue weighted by Gasteiger charge is 2.30. The van der Waals surface area contributed by atoms with Crippen LogP contribution in [-0.2, 0) is 16.0 Å². The number of anilines is 1. The minimum atomic E-state index is -1.48. The molecule has 0 aliphatic rings. The Balaban J connectivity index is 1.79. The number of ether oxygens (including phenoxy) is 1. The summed E-state index contributed by atoms with van der Waals surface area (Å²) in [4.78, 5) is 25.2. The molecule has 6 nitrogen and oxygen atoms in total. The van der Waals surface area contributed by atoms with Crippen molar-refractivity contribution >= 4 is 28.5 Å². The highest BCUT2D eigenvalue weighted by Crippen LogP contribution is 2.23. The summed E-state index contributed by atoms with van der Waals surface area (Å²) >= 11 is 0. The van der Waals surface area contributed by atoms with E-state index in [9.17, 15) is 14.7 Å². The Kier molecular flexibility index (Phi) is 6.92. The Morgan fingerprint density at radius 1 is 0.935 bits per heavy atom. The lowest BCUT2D eigenvalue weighted by atomic mass is 10.0. The van der Waals surface area contributed by atoms with Crippen LogP contribution < -0.4 is 10.6 Å². The summed E-state index contributed by atoms with van der Waals surface area (Å²) in [6.45, 7) is 5.26. The van der Waals surface area contributed by atoms with Crippen LogP contribution in [0.1, 0.15) is 26.3 Å². The van der Waals surface area contributed by atoms with Gasteiger partial charge in [-0.1, -0.05) is 66.7 Å². The molecule has 3 N–H and O–H groups in total. The molecule has 31 heavy (non-hydrogen) atoms. The second-order valence-electron chi connectivity index (χ2n) is 8.40. The lowest BCUT2D eigenvalue weighted by molar-refractivity contribution is -0.125. The molecule has 0 fully saturated rings. The zero-order valence-electron chi connectivity index (χ0n) is 18.0. The first-order chi connectivity index (χ1) is 14.7. The Hall–Kier alpha value is -3.38. The summed E-state index contributed by atoms with van der Waals surface area (Å²) in [5.41, 5.74) is 0.774. The topological polar surface area (TPSA) is 87.7 Å². The molecule has 2 amide bonds. The molecule has 0 radical (unpaired) electrons. The maximum atomic E-state index is 12.9. The third kappa shape index (κ3) is 6.30. The number of rotatable bonds is 6. The second kappa shape index (κ2) is 9.62. The van der Waals surface area contributed by atoms with Crippen molar-refractivity contribution in [3.63, 3.8) is 0 Å². The third-order valence-corrected chi connectivity index (χ3v) is 4.70. The van der Waals surface area contributed by atoms with Crippen molar-refractivity contribution in [1.82, 2.24) is 5.32 Å². The van der Waals surface area contributed by atoms with Crippen LogP contribution in [0.2, 0.25) is 0 Å². The van der Waals surface area contributed by atoms with Gasteiger partial charge in [-0.15, -0.1) is 0 Å². The number of hydrogen-bond acceptors (Lipinski definition) is 4. The van der Waals surface area contributed by atoms with Crippen LogP contribution in [0.3, 0.4) is 0 Å². The van der Waals surface area contributed by atoms with E-state index in [2.05, 4.69) is 10.6 Å². The molecular weight excluding hydrogens is 392 g/mol. The van der Waals surface area contributed by atoms with Crippen molar-refractivity contribution in [3.05, 3.63) is 78.4 Å². The minimum absolute atomic E-state index is 0.268. The van der Waals surface area contributed by atoms with Crippen molar-refractivity contribution < 1.29 is 19.4 Å². The van der Waals surface area contributed by atoms with Gasteiger partial charge in [0.15, 0.2) is 6.10 Å². The van der Waals surface area contributed by atoms with Gasteiger partial charge in [0.05, 0.1) is 6.04 Å². The lowest BCUT2D eigenvalue weighted by Crippen LogP contribution is -2.51. The van der Waals surface area contributed by atoms with Gasteiger partial charge in [0, 0.05) is 11.1 Å². The Morgan fingerprint density at radius 2 is 1.58 bits per heavy atom. The molecule has 0 bridgehead atoms. The summed E-state index contributed by atoms with van der Waals surface area (Å²) in [6.07, 6.45) is -1.90. The standard InChI is InChI=1S/C25H28N2O4/c1-25(2,3)31-24(30)27-21(16-17-10-5-4-6-11-17)22(28)23(29)26-20-15-9-13-18-12-7-8-14-19(18)20/h4-15,21-22,28H,16H2,1-3H3,(H,26,29)(H,27,30)/t21?,22-/m0/s1. The summed E-state index contributed by atoms with van der Waals surface area (Å²) in [5, 5.41) is 18.1. The van der Waals surface area contributed by atoms with Crippen molar-refractivity contribution in [2.24, 2.45) is 0 Å². The van der Waals surface area contributed by atoms with E-state index in [1.165, 1.54) is 0 Å². The average Bonchev–Trinajstić information content (AvgIpc) is 2.72. The average molecular weight is 421 g/mol. The number of fused-ring (bicyclic) bond motifs is 1. The van der Waals surface area contributed by atoms with Gasteiger partial charge >= 0.3 is 6.09 Å². The first kappa shape index (κ1) is 22.3. The molecule has 0 aromatic heterocycles. The van der Waals surface area contributed by atoms with Gasteiger partial charge in [-0.05, 0) is 44.2 Å². The highest BCUT2D eigenvalue weighted by atomic mass is 16.6. The zero-order chi connectivity index (χ0) is 22.4. The minimum Gasteiger partial charge on any atom is -0.444 e. The largest absolute Gasteiger partial charge is 0.444 e. The van der Waals surface area contributed by atoms with Crippen LogP contribution in [-0.4, -0.2) is 34.9 Å². The predicted octanol–water partition coefficient (Wildman–Crippen LogP) is 4.28. The molecule has 3 rings (SSSR count). The first-order valence-electron chi connectivity index (χ1n) is 10.2. The van der Waals surface area contributed by atoms with E-state index < -0.39 is 29.7 Å². The van der Waals surface area contributed by atoms with E-state index in [4.69, 9.17) is 4.74 Å². The summed E-state index contributed by atoms with van der Waals surface area (Å²) < 4.78 is 5.32. The molecule has 1 unspecified atom stereocenters. The molecule has 0 aliphatic heterocycles. The van der Waals surface area contributed by atoms with Gasteiger partial charge in [0.25, 0.3) is 5.91 Å². The molecule has 0 aliphatic carbocycles. The van der Waals surface area contributed by atoms with Gasteiger partial charge in [0.1, 0.15) is 5.60 Å². The highest BCUT2D eigenvalue weighted by molar-refractivity contribution is 6.03. The van der Waals surface area contributed by atoms with Gasteiger partial charge < -0.3 is 20.5 Å². The van der Waals surface area contributed by atoms with Crippen molar-refractivity contribution in [2.75, 3.05) is 5.32 Å². The molecule has 6 heteroatoms. The monoisotopic (exact) mass is 420 g/mol. The van der Waals surface area contributed by atoms with E-state index >= 15 is 0 Å². The number of amides is 2. The Bertz CT molecular complexity index is 1040. The maximum absolute atomic E-state index is 12.9.